The first kappa shape index (κ1) is 21.0. The van der Waals surface area contributed by atoms with Crippen molar-refractivity contribution in [2.75, 3.05) is 26.2 Å². The Morgan fingerprint density at radius 1 is 1.04 bits per heavy atom. The molecule has 1 saturated heterocycles. The summed E-state index contributed by atoms with van der Waals surface area (Å²) in [5.74, 6) is -0.194. The minimum atomic E-state index is -3.74. The molecule has 150 valence electrons. The number of halogens is 1. The second-order valence-corrected chi connectivity index (χ2v) is 9.51. The fourth-order valence-corrected chi connectivity index (χ4v) is 4.67. The van der Waals surface area contributed by atoms with Crippen LogP contribution in [0.2, 0.25) is 0 Å². The molecule has 0 aliphatic carbocycles. The summed E-state index contributed by atoms with van der Waals surface area (Å²) in [6.07, 6.45) is 0. The maximum absolute atomic E-state index is 12.7. The summed E-state index contributed by atoms with van der Waals surface area (Å²) in [7, 11) is -3.74. The molecule has 1 aliphatic heterocycles. The van der Waals surface area contributed by atoms with E-state index in [1.165, 1.54) is 17.7 Å². The highest BCUT2D eigenvalue weighted by atomic mass is 79.9. The summed E-state index contributed by atoms with van der Waals surface area (Å²) in [6.45, 7) is 5.18. The zero-order valence-corrected chi connectivity index (χ0v) is 18.1. The molecular formula is C20H24BrN3O3S. The van der Waals surface area contributed by atoms with Crippen LogP contribution in [0, 0.1) is 0 Å². The van der Waals surface area contributed by atoms with Crippen LogP contribution >= 0.6 is 15.9 Å². The number of carbonyl (C=O) groups excluding carboxylic acids is 1. The van der Waals surface area contributed by atoms with E-state index in [-0.39, 0.29) is 10.8 Å². The summed E-state index contributed by atoms with van der Waals surface area (Å²) in [5.41, 5.74) is 1.25. The zero-order chi connectivity index (χ0) is 20.1. The van der Waals surface area contributed by atoms with Crippen molar-refractivity contribution in [2.24, 2.45) is 0 Å². The van der Waals surface area contributed by atoms with Crippen LogP contribution in [0.15, 0.2) is 64.0 Å². The Labute approximate surface area is 174 Å². The number of nitrogens with one attached hydrogen (secondary N) is 1. The molecule has 1 heterocycles. The molecule has 2 aromatic carbocycles. The Bertz CT molecular complexity index is 896. The number of benzene rings is 2. The van der Waals surface area contributed by atoms with E-state index >= 15 is 0 Å². The van der Waals surface area contributed by atoms with E-state index in [4.69, 9.17) is 0 Å². The summed E-state index contributed by atoms with van der Waals surface area (Å²) in [4.78, 5) is 16.9. The minimum absolute atomic E-state index is 0.142. The molecule has 0 spiro atoms. The van der Waals surface area contributed by atoms with E-state index in [9.17, 15) is 13.2 Å². The first-order valence-electron chi connectivity index (χ1n) is 9.18. The van der Waals surface area contributed by atoms with Crippen molar-refractivity contribution < 1.29 is 13.2 Å². The van der Waals surface area contributed by atoms with E-state index in [0.29, 0.717) is 13.1 Å². The van der Waals surface area contributed by atoms with Crippen molar-refractivity contribution >= 4 is 31.9 Å². The van der Waals surface area contributed by atoms with Gasteiger partial charge in [-0.2, -0.15) is 4.72 Å². The molecule has 1 fully saturated rings. The number of nitrogens with zero attached hydrogens (tertiary/aromatic N) is 2. The molecule has 8 heteroatoms. The lowest BCUT2D eigenvalue weighted by Crippen LogP contribution is -2.53. The molecule has 0 aromatic heterocycles. The quantitative estimate of drug-likeness (QED) is 0.711. The Kier molecular flexibility index (Phi) is 6.87. The van der Waals surface area contributed by atoms with Crippen molar-refractivity contribution in [3.8, 4) is 0 Å². The highest BCUT2D eigenvalue weighted by Crippen LogP contribution is 2.15. The first-order chi connectivity index (χ1) is 13.3. The van der Waals surface area contributed by atoms with Crippen molar-refractivity contribution in [1.82, 2.24) is 14.5 Å². The average Bonchev–Trinajstić information content (AvgIpc) is 2.69. The summed E-state index contributed by atoms with van der Waals surface area (Å²) in [6, 6.07) is 15.7. The maximum Gasteiger partial charge on any atom is 0.241 e. The van der Waals surface area contributed by atoms with E-state index in [1.54, 1.807) is 24.0 Å². The molecule has 1 aliphatic rings. The van der Waals surface area contributed by atoms with Crippen LogP contribution in [0.5, 0.6) is 0 Å². The Hall–Kier alpha value is -1.74. The number of carbonyl (C=O) groups is 1. The summed E-state index contributed by atoms with van der Waals surface area (Å²) < 4.78 is 28.3. The van der Waals surface area contributed by atoms with E-state index in [1.807, 2.05) is 18.2 Å². The van der Waals surface area contributed by atoms with Gasteiger partial charge >= 0.3 is 0 Å². The SMILES string of the molecule is C[C@@H](NS(=O)(=O)c1ccc(Br)cc1)C(=O)N1CCN(Cc2ccccc2)CC1. The smallest absolute Gasteiger partial charge is 0.241 e. The van der Waals surface area contributed by atoms with Gasteiger partial charge in [-0.1, -0.05) is 46.3 Å². The van der Waals surface area contributed by atoms with Crippen LogP contribution in [-0.2, 0) is 21.4 Å². The van der Waals surface area contributed by atoms with Crippen LogP contribution < -0.4 is 4.72 Å². The lowest BCUT2D eigenvalue weighted by atomic mass is 10.2. The van der Waals surface area contributed by atoms with E-state index in [0.717, 1.165) is 24.1 Å². The molecule has 6 nitrogen and oxygen atoms in total. The van der Waals surface area contributed by atoms with Gasteiger partial charge in [-0.25, -0.2) is 8.42 Å². The van der Waals surface area contributed by atoms with E-state index in [2.05, 4.69) is 37.7 Å². The third-order valence-corrected chi connectivity index (χ3v) is 6.84. The number of hydrogen-bond donors (Lipinski definition) is 1. The molecular weight excluding hydrogens is 442 g/mol. The summed E-state index contributed by atoms with van der Waals surface area (Å²) in [5, 5.41) is 0. The minimum Gasteiger partial charge on any atom is -0.339 e. The molecule has 28 heavy (non-hydrogen) atoms. The number of rotatable bonds is 6. The van der Waals surface area contributed by atoms with Crippen LogP contribution in [-0.4, -0.2) is 56.3 Å². The van der Waals surface area contributed by atoms with Gasteiger partial charge in [0, 0.05) is 37.2 Å². The molecule has 2 aromatic rings. The van der Waals surface area contributed by atoms with Crippen LogP contribution in [0.3, 0.4) is 0 Å². The highest BCUT2D eigenvalue weighted by Gasteiger charge is 2.28. The van der Waals surface area contributed by atoms with Gasteiger partial charge in [0.05, 0.1) is 10.9 Å². The monoisotopic (exact) mass is 465 g/mol. The van der Waals surface area contributed by atoms with Crippen LogP contribution in [0.4, 0.5) is 0 Å². The standard InChI is InChI=1S/C20H24BrN3O3S/c1-16(22-28(26,27)19-9-7-18(21)8-10-19)20(25)24-13-11-23(12-14-24)15-17-5-3-2-4-6-17/h2-10,16,22H,11-15H2,1H3/t16-/m1/s1. The molecule has 0 bridgehead atoms. The fourth-order valence-electron chi connectivity index (χ4n) is 3.21. The molecule has 1 amide bonds. The number of piperazine rings is 1. The first-order valence-corrected chi connectivity index (χ1v) is 11.5. The molecule has 1 atom stereocenters. The number of sulfonamides is 1. The molecule has 0 saturated carbocycles. The van der Waals surface area contributed by atoms with E-state index < -0.39 is 16.1 Å². The molecule has 0 unspecified atom stereocenters. The summed E-state index contributed by atoms with van der Waals surface area (Å²) >= 11 is 3.28. The van der Waals surface area contributed by atoms with Crippen molar-refractivity contribution in [2.45, 2.75) is 24.4 Å². The van der Waals surface area contributed by atoms with Gasteiger partial charge in [0.25, 0.3) is 0 Å². The van der Waals surface area contributed by atoms with Gasteiger partial charge < -0.3 is 4.90 Å². The third-order valence-electron chi connectivity index (χ3n) is 4.76. The largest absolute Gasteiger partial charge is 0.339 e. The Morgan fingerprint density at radius 3 is 2.25 bits per heavy atom. The van der Waals surface area contributed by atoms with Crippen molar-refractivity contribution in [1.29, 1.82) is 0 Å². The number of hydrogen-bond acceptors (Lipinski definition) is 4. The van der Waals surface area contributed by atoms with Gasteiger partial charge in [-0.05, 0) is 36.8 Å². The number of amides is 1. The van der Waals surface area contributed by atoms with Crippen LogP contribution in [0.1, 0.15) is 12.5 Å². The second-order valence-electron chi connectivity index (χ2n) is 6.88. The lowest BCUT2D eigenvalue weighted by molar-refractivity contribution is -0.134. The van der Waals surface area contributed by atoms with Gasteiger partial charge in [0.2, 0.25) is 15.9 Å². The normalized spacial score (nSPS) is 16.7. The molecule has 3 rings (SSSR count). The fraction of sp³-hybridized carbons (Fsp3) is 0.350. The predicted molar refractivity (Wildman–Crippen MR) is 112 cm³/mol. The Balaban J connectivity index is 1.53. The zero-order valence-electron chi connectivity index (χ0n) is 15.7. The maximum atomic E-state index is 12.7. The van der Waals surface area contributed by atoms with Crippen molar-refractivity contribution in [3.05, 3.63) is 64.6 Å². The lowest BCUT2D eigenvalue weighted by Gasteiger charge is -2.36. The van der Waals surface area contributed by atoms with Gasteiger partial charge in [0.15, 0.2) is 0 Å². The Morgan fingerprint density at radius 2 is 1.64 bits per heavy atom. The van der Waals surface area contributed by atoms with Crippen molar-refractivity contribution in [3.63, 3.8) is 0 Å². The second kappa shape index (κ2) is 9.17. The third kappa shape index (κ3) is 5.41. The van der Waals surface area contributed by atoms with Gasteiger partial charge in [-0.15, -0.1) is 0 Å². The molecule has 1 N–H and O–H groups in total. The average molecular weight is 466 g/mol. The van der Waals surface area contributed by atoms with Crippen LogP contribution in [0.25, 0.3) is 0 Å². The predicted octanol–water partition coefficient (Wildman–Crippen LogP) is 2.46. The van der Waals surface area contributed by atoms with Gasteiger partial charge in [-0.3, -0.25) is 9.69 Å². The van der Waals surface area contributed by atoms with Gasteiger partial charge in [0.1, 0.15) is 0 Å². The highest BCUT2D eigenvalue weighted by molar-refractivity contribution is 9.10. The topological polar surface area (TPSA) is 69.7 Å². The molecule has 0 radical (unpaired) electrons.